The third kappa shape index (κ3) is 7210. The van der Waals surface area contributed by atoms with Crippen LogP contribution in [0.15, 0.2) is 0 Å². The van der Waals surface area contributed by atoms with E-state index in [1.807, 2.05) is 0 Å². The molecule has 0 aliphatic rings. The van der Waals surface area contributed by atoms with E-state index in [4.69, 9.17) is 30.6 Å². The van der Waals surface area contributed by atoms with Crippen molar-refractivity contribution >= 4 is 104 Å². The van der Waals surface area contributed by atoms with Crippen LogP contribution in [0.3, 0.4) is 0 Å². The predicted molar refractivity (Wildman–Crippen MR) is 101 cm³/mol. The van der Waals surface area contributed by atoms with Gasteiger partial charge in [0.15, 0.2) is 0 Å². The summed E-state index contributed by atoms with van der Waals surface area (Å²) in [5.74, 6) is 0. The summed E-state index contributed by atoms with van der Waals surface area (Å²) in [7, 11) is 0. The summed E-state index contributed by atoms with van der Waals surface area (Å²) in [5, 5.41) is 49.7. The van der Waals surface area contributed by atoms with E-state index in [2.05, 4.69) is 108 Å². The maximum absolute atomic E-state index is 9.04. The average Bonchev–Trinajstić information content (AvgIpc) is 2.08. The second kappa shape index (κ2) is 38.4. The van der Waals surface area contributed by atoms with Gasteiger partial charge in [-0.1, -0.05) is 73.3 Å². The number of rotatable bonds is 0. The molecule has 0 aromatic rings. The smallest absolute Gasteiger partial charge is 0.852 e. The largest absolute Gasteiger partial charge is 6.00 e. The van der Waals surface area contributed by atoms with Crippen molar-refractivity contribution in [2.75, 3.05) is 0 Å². The third-order valence-corrected chi connectivity index (χ3v) is 0. The molecule has 0 radical (unpaired) electrons. The Bertz CT molecular complexity index is 285. The topological polar surface area (TPSA) is 294 Å². The standard InChI is InChI=1S/6CH3NOS.W/c6*2-1(3)4;/h6*(H3,2,3,4);/q;;;;;;+6/p-6. The van der Waals surface area contributed by atoms with Crippen molar-refractivity contribution in [3.05, 3.63) is 0 Å². The van der Waals surface area contributed by atoms with E-state index in [0.29, 0.717) is 0 Å². The molecule has 0 bridgehead atoms. The van der Waals surface area contributed by atoms with Crippen LogP contribution in [0.5, 0.6) is 0 Å². The first-order chi connectivity index (χ1) is 10.4. The molecule has 0 aromatic heterocycles. The van der Waals surface area contributed by atoms with Gasteiger partial charge in [-0.05, 0) is 0 Å². The van der Waals surface area contributed by atoms with Crippen LogP contribution >= 0.6 is 73.3 Å². The molecule has 0 aliphatic carbocycles. The van der Waals surface area contributed by atoms with Crippen LogP contribution in [0, 0.1) is 0 Å². The van der Waals surface area contributed by atoms with Gasteiger partial charge in [0.2, 0.25) is 0 Å². The van der Waals surface area contributed by atoms with Crippen molar-refractivity contribution in [2.45, 2.75) is 0 Å². The van der Waals surface area contributed by atoms with Crippen LogP contribution in [0.4, 0.5) is 0 Å². The Morgan fingerprint density at radius 1 is 0.360 bits per heavy atom. The molecule has 0 saturated carbocycles. The number of hydrogen-bond acceptors (Lipinski definition) is 12. The van der Waals surface area contributed by atoms with Gasteiger partial charge >= 0.3 is 21.1 Å². The summed E-state index contributed by atoms with van der Waals surface area (Å²) in [4.78, 5) is 0. The van der Waals surface area contributed by atoms with Gasteiger partial charge in [0.05, 0.1) is 0 Å². The van der Waals surface area contributed by atoms with Crippen molar-refractivity contribution in [3.8, 4) is 0 Å². The van der Waals surface area contributed by atoms with Gasteiger partial charge in [-0.15, -0.1) is 0 Å². The van der Waals surface area contributed by atoms with E-state index in [-0.39, 0.29) is 21.1 Å². The van der Waals surface area contributed by atoms with Crippen molar-refractivity contribution < 1.29 is 51.7 Å². The zero-order valence-electron chi connectivity index (χ0n) is 11.8. The van der Waals surface area contributed by atoms with E-state index in [0.717, 1.165) is 0 Å². The van der Waals surface area contributed by atoms with Crippen molar-refractivity contribution in [2.24, 2.45) is 34.4 Å². The monoisotopic (exact) mass is 640 g/mol. The van der Waals surface area contributed by atoms with Gasteiger partial charge in [-0.2, -0.15) is 0 Å². The Hall–Kier alpha value is -1.17. The molecule has 0 aromatic carbocycles. The molecule has 0 amide bonds. The van der Waals surface area contributed by atoms with E-state index in [1.165, 1.54) is 0 Å². The maximum Gasteiger partial charge on any atom is 6.00 e. The van der Waals surface area contributed by atoms with Gasteiger partial charge in [0.1, 0.15) is 0 Å². The van der Waals surface area contributed by atoms with Crippen LogP contribution in [0.1, 0.15) is 0 Å². The maximum atomic E-state index is 9.04. The fourth-order valence-corrected chi connectivity index (χ4v) is 0. The zero-order valence-corrected chi connectivity index (χ0v) is 19.6. The first-order valence-electron chi connectivity index (χ1n) is 4.18. The van der Waals surface area contributed by atoms with E-state index in [9.17, 15) is 0 Å². The fraction of sp³-hybridized carbons (Fsp3) is 0. The van der Waals surface area contributed by atoms with Gasteiger partial charge in [-0.25, -0.2) is 0 Å². The molecule has 0 spiro atoms. The summed E-state index contributed by atoms with van der Waals surface area (Å²) in [6.07, 6.45) is 0. The Balaban J connectivity index is -0.0000000309. The van der Waals surface area contributed by atoms with Crippen LogP contribution < -0.4 is 65.0 Å². The van der Waals surface area contributed by atoms with Crippen molar-refractivity contribution in [1.82, 2.24) is 0 Å². The number of hydrogen-bond donors (Lipinski definition) is 6. The molecule has 0 atom stereocenters. The first kappa shape index (κ1) is 43.8. The Kier molecular flexibility index (Phi) is 67.4. The normalized spacial score (nSPS) is 5.76. The Morgan fingerprint density at radius 2 is 0.360 bits per heavy atom. The van der Waals surface area contributed by atoms with Gasteiger partial charge < -0.3 is 65.0 Å². The first-order valence-corrected chi connectivity index (χ1v) is 6.63. The van der Waals surface area contributed by atoms with E-state index in [1.54, 1.807) is 0 Å². The van der Waals surface area contributed by atoms with Crippen LogP contribution in [-0.2, 0) is 21.1 Å². The van der Waals surface area contributed by atoms with E-state index >= 15 is 0 Å². The molecule has 144 valence electrons. The molecule has 0 unspecified atom stereocenters. The molecular weight excluding hydrogens is 628 g/mol. The summed E-state index contributed by atoms with van der Waals surface area (Å²) in [6.45, 7) is 0. The fourth-order valence-electron chi connectivity index (χ4n) is 0. The molecule has 0 aliphatic heterocycles. The van der Waals surface area contributed by atoms with Gasteiger partial charge in [0.25, 0.3) is 0 Å². The van der Waals surface area contributed by atoms with Crippen molar-refractivity contribution in [3.63, 3.8) is 0 Å². The summed E-state index contributed by atoms with van der Waals surface area (Å²) < 4.78 is 0. The van der Waals surface area contributed by atoms with E-state index < -0.39 is 31.0 Å². The van der Waals surface area contributed by atoms with Gasteiger partial charge in [0, 0.05) is 31.0 Å². The third-order valence-electron chi connectivity index (χ3n) is 0. The minimum Gasteiger partial charge on any atom is -0.852 e. The minimum absolute atomic E-state index is 0. The Morgan fingerprint density at radius 3 is 0.360 bits per heavy atom. The molecule has 25 heavy (non-hydrogen) atoms. The molecule has 12 nitrogen and oxygen atoms in total. The molecular formula is C6H12N6O6S6W. The molecule has 0 heterocycles. The minimum atomic E-state index is -0.750. The molecule has 0 rings (SSSR count). The van der Waals surface area contributed by atoms with Crippen LogP contribution in [-0.4, -0.2) is 31.0 Å². The second-order valence-electron chi connectivity index (χ2n) is 1.91. The molecule has 19 heteroatoms. The summed E-state index contributed by atoms with van der Waals surface area (Å²) in [5.41, 5.74) is 25.7. The van der Waals surface area contributed by atoms with Crippen LogP contribution in [0.2, 0.25) is 0 Å². The van der Waals surface area contributed by atoms with Crippen molar-refractivity contribution in [1.29, 1.82) is 0 Å². The number of nitrogens with two attached hydrogens (primary N) is 6. The Labute approximate surface area is 189 Å². The molecule has 0 saturated heterocycles. The summed E-state index contributed by atoms with van der Waals surface area (Å²) in [6, 6.07) is 0. The SMILES string of the molecule is NC([O-])=S.NC([O-])=S.NC([O-])=S.NC([O-])=S.NC([O-])=S.NC([O-])=S.[W+6]. The average molecular weight is 640 g/mol. The predicted octanol–water partition coefficient (Wildman–Crippen LogP) is -8.46. The quantitative estimate of drug-likeness (QED) is 0.134. The van der Waals surface area contributed by atoms with Gasteiger partial charge in [-0.3, -0.25) is 0 Å². The summed E-state index contributed by atoms with van der Waals surface area (Å²) >= 11 is 22.6. The number of thiocarbonyl (C=S) groups is 6. The van der Waals surface area contributed by atoms with Crippen LogP contribution in [0.25, 0.3) is 0 Å². The zero-order chi connectivity index (χ0) is 21.5. The molecule has 0 fully saturated rings. The second-order valence-corrected chi connectivity index (χ2v) is 4.33. The molecule has 12 N–H and O–H groups in total.